The van der Waals surface area contributed by atoms with Gasteiger partial charge in [0.15, 0.2) is 0 Å². The first-order chi connectivity index (χ1) is 7.92. The molecule has 0 radical (unpaired) electrons. The summed E-state index contributed by atoms with van der Waals surface area (Å²) >= 11 is 0. The van der Waals surface area contributed by atoms with Gasteiger partial charge in [0.25, 0.3) is 0 Å². The molecule has 1 saturated heterocycles. The molecule has 1 N–H and O–H groups in total. The van der Waals surface area contributed by atoms with Crippen LogP contribution < -0.4 is 5.32 Å². The van der Waals surface area contributed by atoms with Gasteiger partial charge in [-0.3, -0.25) is 9.88 Å². The summed E-state index contributed by atoms with van der Waals surface area (Å²) in [5.41, 5.74) is 1.42. The van der Waals surface area contributed by atoms with Gasteiger partial charge in [-0.1, -0.05) is 13.3 Å². The van der Waals surface area contributed by atoms with Crippen LogP contribution in [0, 0.1) is 0 Å². The maximum atomic E-state index is 4.10. The van der Waals surface area contributed by atoms with Gasteiger partial charge in [-0.25, -0.2) is 0 Å². The molecule has 1 fully saturated rings. The number of hydrogen-bond donors (Lipinski definition) is 1. The first-order valence-corrected chi connectivity index (χ1v) is 6.26. The van der Waals surface area contributed by atoms with Crippen LogP contribution in [0.15, 0.2) is 24.5 Å². The van der Waals surface area contributed by atoms with Crippen LogP contribution in [0.3, 0.4) is 0 Å². The Labute approximate surface area is 97.9 Å². The van der Waals surface area contributed by atoms with E-state index in [1.807, 2.05) is 12.4 Å². The molecule has 1 aromatic heterocycles. The molecule has 0 unspecified atom stereocenters. The molecule has 0 aromatic carbocycles. The fourth-order valence-electron chi connectivity index (χ4n) is 2.41. The number of nitrogens with one attached hydrogen (secondary N) is 1. The third kappa shape index (κ3) is 2.80. The third-order valence-electron chi connectivity index (χ3n) is 3.25. The Morgan fingerprint density at radius 3 is 2.62 bits per heavy atom. The molecule has 0 bridgehead atoms. The fraction of sp³-hybridized carbons (Fsp3) is 0.615. The quantitative estimate of drug-likeness (QED) is 0.837. The summed E-state index contributed by atoms with van der Waals surface area (Å²) in [5.74, 6) is 0. The molecule has 0 amide bonds. The normalized spacial score (nSPS) is 19.6. The van der Waals surface area contributed by atoms with Crippen LogP contribution in [0.1, 0.15) is 31.4 Å². The van der Waals surface area contributed by atoms with Crippen molar-refractivity contribution in [2.75, 3.05) is 26.2 Å². The predicted molar refractivity (Wildman–Crippen MR) is 66.3 cm³/mol. The lowest BCUT2D eigenvalue weighted by Gasteiger charge is -2.35. The molecular formula is C13H21N3. The zero-order chi connectivity index (χ0) is 11.2. The Bertz CT molecular complexity index is 293. The van der Waals surface area contributed by atoms with Gasteiger partial charge in [0.2, 0.25) is 0 Å². The third-order valence-corrected chi connectivity index (χ3v) is 3.25. The largest absolute Gasteiger partial charge is 0.314 e. The zero-order valence-corrected chi connectivity index (χ0v) is 10.0. The van der Waals surface area contributed by atoms with Gasteiger partial charge in [0, 0.05) is 44.6 Å². The van der Waals surface area contributed by atoms with Gasteiger partial charge in [-0.2, -0.15) is 0 Å². The fourth-order valence-corrected chi connectivity index (χ4v) is 2.41. The van der Waals surface area contributed by atoms with Gasteiger partial charge in [0.1, 0.15) is 0 Å². The van der Waals surface area contributed by atoms with Crippen molar-refractivity contribution in [2.45, 2.75) is 25.8 Å². The summed E-state index contributed by atoms with van der Waals surface area (Å²) < 4.78 is 0. The molecule has 2 rings (SSSR count). The Morgan fingerprint density at radius 1 is 1.31 bits per heavy atom. The van der Waals surface area contributed by atoms with Crippen molar-refractivity contribution in [3.05, 3.63) is 30.1 Å². The Balaban J connectivity index is 2.09. The minimum Gasteiger partial charge on any atom is -0.314 e. The number of hydrogen-bond acceptors (Lipinski definition) is 3. The number of aromatic nitrogens is 1. The van der Waals surface area contributed by atoms with Crippen molar-refractivity contribution in [2.24, 2.45) is 0 Å². The Kier molecular flexibility index (Phi) is 4.31. The highest BCUT2D eigenvalue weighted by Crippen LogP contribution is 2.25. The molecule has 1 aliphatic heterocycles. The summed E-state index contributed by atoms with van der Waals surface area (Å²) in [7, 11) is 0. The maximum Gasteiger partial charge on any atom is 0.0350 e. The van der Waals surface area contributed by atoms with Crippen LogP contribution in [0.2, 0.25) is 0 Å². The van der Waals surface area contributed by atoms with Crippen LogP contribution in [0.25, 0.3) is 0 Å². The highest BCUT2D eigenvalue weighted by Gasteiger charge is 2.20. The summed E-state index contributed by atoms with van der Waals surface area (Å²) in [6.07, 6.45) is 6.28. The topological polar surface area (TPSA) is 28.2 Å². The van der Waals surface area contributed by atoms with Crippen molar-refractivity contribution in [1.29, 1.82) is 0 Å². The number of piperazine rings is 1. The van der Waals surface area contributed by atoms with Crippen LogP contribution in [-0.2, 0) is 0 Å². The van der Waals surface area contributed by atoms with Gasteiger partial charge in [0.05, 0.1) is 0 Å². The van der Waals surface area contributed by atoms with Crippen LogP contribution in [-0.4, -0.2) is 36.1 Å². The van der Waals surface area contributed by atoms with E-state index in [4.69, 9.17) is 0 Å². The van der Waals surface area contributed by atoms with Crippen LogP contribution in [0.4, 0.5) is 0 Å². The lowest BCUT2D eigenvalue weighted by Crippen LogP contribution is -2.45. The van der Waals surface area contributed by atoms with E-state index < -0.39 is 0 Å². The average Bonchev–Trinajstić information content (AvgIpc) is 2.38. The molecular weight excluding hydrogens is 198 g/mol. The van der Waals surface area contributed by atoms with Crippen molar-refractivity contribution < 1.29 is 0 Å². The smallest absolute Gasteiger partial charge is 0.0350 e. The highest BCUT2D eigenvalue weighted by atomic mass is 15.2. The minimum absolute atomic E-state index is 0.579. The molecule has 16 heavy (non-hydrogen) atoms. The highest BCUT2D eigenvalue weighted by molar-refractivity contribution is 5.15. The second-order valence-corrected chi connectivity index (χ2v) is 4.37. The molecule has 0 aliphatic carbocycles. The summed E-state index contributed by atoms with van der Waals surface area (Å²) in [6, 6.07) is 4.89. The monoisotopic (exact) mass is 219 g/mol. The summed E-state index contributed by atoms with van der Waals surface area (Å²) in [6.45, 7) is 6.81. The Morgan fingerprint density at radius 2 is 2.00 bits per heavy atom. The summed E-state index contributed by atoms with van der Waals surface area (Å²) in [5, 5.41) is 3.41. The predicted octanol–water partition coefficient (Wildman–Crippen LogP) is 1.83. The number of rotatable bonds is 4. The van der Waals surface area contributed by atoms with Crippen LogP contribution in [0.5, 0.6) is 0 Å². The van der Waals surface area contributed by atoms with Crippen molar-refractivity contribution in [3.63, 3.8) is 0 Å². The van der Waals surface area contributed by atoms with E-state index in [2.05, 4.69) is 34.3 Å². The van der Waals surface area contributed by atoms with E-state index in [9.17, 15) is 0 Å². The van der Waals surface area contributed by atoms with Gasteiger partial charge in [-0.15, -0.1) is 0 Å². The Hall–Kier alpha value is -0.930. The molecule has 3 nitrogen and oxygen atoms in total. The van der Waals surface area contributed by atoms with E-state index in [1.54, 1.807) is 0 Å². The molecule has 3 heteroatoms. The molecule has 88 valence electrons. The first kappa shape index (κ1) is 11.6. The lowest BCUT2D eigenvalue weighted by atomic mass is 10.0. The van der Waals surface area contributed by atoms with Crippen molar-refractivity contribution in [1.82, 2.24) is 15.2 Å². The van der Waals surface area contributed by atoms with Gasteiger partial charge in [-0.05, 0) is 24.1 Å². The molecule has 2 heterocycles. The van der Waals surface area contributed by atoms with Crippen LogP contribution >= 0.6 is 0 Å². The van der Waals surface area contributed by atoms with E-state index in [0.717, 1.165) is 26.2 Å². The van der Waals surface area contributed by atoms with Gasteiger partial charge < -0.3 is 5.32 Å². The molecule has 0 saturated carbocycles. The molecule has 1 aliphatic rings. The standard InChI is InChI=1S/C13H21N3/c1-2-3-13(12-4-6-14-7-5-12)16-10-8-15-9-11-16/h4-7,13,15H,2-3,8-11H2,1H3/t13-/m0/s1. The minimum atomic E-state index is 0.579. The van der Waals surface area contributed by atoms with Crippen molar-refractivity contribution in [3.8, 4) is 0 Å². The second-order valence-electron chi connectivity index (χ2n) is 4.37. The first-order valence-electron chi connectivity index (χ1n) is 6.26. The molecule has 1 aromatic rings. The van der Waals surface area contributed by atoms with E-state index in [-0.39, 0.29) is 0 Å². The SMILES string of the molecule is CCC[C@@H](c1ccncc1)N1CCNCC1. The lowest BCUT2D eigenvalue weighted by molar-refractivity contribution is 0.164. The van der Waals surface area contributed by atoms with Gasteiger partial charge >= 0.3 is 0 Å². The van der Waals surface area contributed by atoms with E-state index in [0.29, 0.717) is 6.04 Å². The molecule has 1 atom stereocenters. The molecule has 0 spiro atoms. The summed E-state index contributed by atoms with van der Waals surface area (Å²) in [4.78, 5) is 6.69. The maximum absolute atomic E-state index is 4.10. The zero-order valence-electron chi connectivity index (χ0n) is 10.0. The van der Waals surface area contributed by atoms with E-state index in [1.165, 1.54) is 18.4 Å². The van der Waals surface area contributed by atoms with E-state index >= 15 is 0 Å². The number of nitrogens with zero attached hydrogens (tertiary/aromatic N) is 2. The average molecular weight is 219 g/mol. The second kappa shape index (κ2) is 5.97. The number of pyridine rings is 1. The van der Waals surface area contributed by atoms with Crippen molar-refractivity contribution >= 4 is 0 Å².